The Bertz CT molecular complexity index is 671. The molecule has 0 aliphatic carbocycles. The fraction of sp³-hybridized carbons (Fsp3) is 0.471. The molecule has 0 atom stereocenters. The molecule has 6 nitrogen and oxygen atoms in total. The first-order valence-corrected chi connectivity index (χ1v) is 7.99. The van der Waals surface area contributed by atoms with E-state index in [1.165, 1.54) is 5.56 Å². The van der Waals surface area contributed by atoms with Crippen LogP contribution in [0, 0.1) is 6.92 Å². The molecule has 1 aromatic heterocycles. The number of amides is 1. The number of aromatic nitrogens is 3. The van der Waals surface area contributed by atoms with Crippen molar-refractivity contribution in [3.05, 3.63) is 42.0 Å². The molecule has 0 N–H and O–H groups in total. The maximum atomic E-state index is 12.6. The number of rotatable bonds is 3. The molecule has 1 aromatic carbocycles. The van der Waals surface area contributed by atoms with Crippen LogP contribution in [0.25, 0.3) is 5.69 Å². The smallest absolute Gasteiger partial charge is 0.293 e. The number of hydrogen-bond donors (Lipinski definition) is 0. The Hall–Kier alpha value is -2.21. The highest BCUT2D eigenvalue weighted by Crippen LogP contribution is 2.16. The van der Waals surface area contributed by atoms with Gasteiger partial charge in [-0.1, -0.05) is 17.7 Å². The molecule has 0 unspecified atom stereocenters. The number of carbonyl (C=O) groups excluding carboxylic acids is 1. The van der Waals surface area contributed by atoms with E-state index in [1.807, 2.05) is 38.2 Å². The molecule has 2 heterocycles. The molecule has 6 heteroatoms. The lowest BCUT2D eigenvalue weighted by Crippen LogP contribution is -2.44. The van der Waals surface area contributed by atoms with Gasteiger partial charge in [-0.15, -0.1) is 5.10 Å². The van der Waals surface area contributed by atoms with E-state index in [-0.39, 0.29) is 17.8 Å². The first-order valence-electron chi connectivity index (χ1n) is 7.99. The van der Waals surface area contributed by atoms with Crippen LogP contribution in [0.4, 0.5) is 0 Å². The molecule has 3 rings (SSSR count). The second kappa shape index (κ2) is 6.50. The van der Waals surface area contributed by atoms with E-state index in [1.54, 1.807) is 15.9 Å². The maximum absolute atomic E-state index is 12.6. The minimum Gasteiger partial charge on any atom is -0.336 e. The Morgan fingerprint density at radius 3 is 2.52 bits per heavy atom. The normalized spacial score (nSPS) is 16.5. The van der Waals surface area contributed by atoms with Crippen molar-refractivity contribution in [3.63, 3.8) is 0 Å². The largest absolute Gasteiger partial charge is 0.336 e. The van der Waals surface area contributed by atoms with E-state index in [0.29, 0.717) is 0 Å². The monoisotopic (exact) mass is 313 g/mol. The first-order chi connectivity index (χ1) is 11.0. The Labute approximate surface area is 136 Å². The topological polar surface area (TPSA) is 54.3 Å². The second-order valence-corrected chi connectivity index (χ2v) is 6.30. The van der Waals surface area contributed by atoms with Crippen molar-refractivity contribution in [1.82, 2.24) is 24.6 Å². The Morgan fingerprint density at radius 2 is 1.87 bits per heavy atom. The number of aryl methyl sites for hydroxylation is 1. The molecule has 0 radical (unpaired) electrons. The van der Waals surface area contributed by atoms with Crippen LogP contribution in [0.5, 0.6) is 0 Å². The minimum atomic E-state index is -0.106. The summed E-state index contributed by atoms with van der Waals surface area (Å²) in [5, 5.41) is 4.34. The van der Waals surface area contributed by atoms with Gasteiger partial charge < -0.3 is 9.80 Å². The lowest BCUT2D eigenvalue weighted by Gasteiger charge is -2.34. The van der Waals surface area contributed by atoms with E-state index in [9.17, 15) is 4.79 Å². The van der Waals surface area contributed by atoms with Crippen molar-refractivity contribution >= 4 is 5.91 Å². The summed E-state index contributed by atoms with van der Waals surface area (Å²) in [7, 11) is 3.97. The Balaban J connectivity index is 1.72. The van der Waals surface area contributed by atoms with Crippen molar-refractivity contribution in [2.75, 3.05) is 27.2 Å². The maximum Gasteiger partial charge on any atom is 0.293 e. The van der Waals surface area contributed by atoms with Crippen molar-refractivity contribution in [2.24, 2.45) is 0 Å². The van der Waals surface area contributed by atoms with Crippen LogP contribution >= 0.6 is 0 Å². The summed E-state index contributed by atoms with van der Waals surface area (Å²) in [4.78, 5) is 20.9. The number of likely N-dealkylation sites (tertiary alicyclic amines) is 1. The summed E-state index contributed by atoms with van der Waals surface area (Å²) in [6.07, 6.45) is 3.59. The van der Waals surface area contributed by atoms with E-state index < -0.39 is 0 Å². The molecule has 23 heavy (non-hydrogen) atoms. The molecule has 2 aromatic rings. The van der Waals surface area contributed by atoms with E-state index in [4.69, 9.17) is 0 Å². The van der Waals surface area contributed by atoms with Crippen LogP contribution in [-0.4, -0.2) is 63.7 Å². The molecule has 1 saturated heterocycles. The number of benzene rings is 1. The van der Waals surface area contributed by atoms with Crippen molar-refractivity contribution in [3.8, 4) is 5.69 Å². The zero-order valence-corrected chi connectivity index (χ0v) is 13.9. The molecule has 1 aliphatic rings. The van der Waals surface area contributed by atoms with Gasteiger partial charge in [0, 0.05) is 13.1 Å². The van der Waals surface area contributed by atoms with Gasteiger partial charge in [-0.3, -0.25) is 4.79 Å². The van der Waals surface area contributed by atoms with Gasteiger partial charge in [0.05, 0.1) is 5.69 Å². The van der Waals surface area contributed by atoms with E-state index >= 15 is 0 Å². The predicted molar refractivity (Wildman–Crippen MR) is 88.7 cm³/mol. The zero-order chi connectivity index (χ0) is 16.4. The highest BCUT2D eigenvalue weighted by atomic mass is 16.2. The first kappa shape index (κ1) is 15.7. The van der Waals surface area contributed by atoms with E-state index in [0.717, 1.165) is 31.6 Å². The molecule has 0 saturated carbocycles. The third kappa shape index (κ3) is 3.42. The second-order valence-electron chi connectivity index (χ2n) is 6.30. The van der Waals surface area contributed by atoms with Crippen LogP contribution < -0.4 is 0 Å². The summed E-state index contributed by atoms with van der Waals surface area (Å²) in [5.41, 5.74) is 2.09. The summed E-state index contributed by atoms with van der Waals surface area (Å²) in [6, 6.07) is 8.24. The summed E-state index contributed by atoms with van der Waals surface area (Å²) in [6.45, 7) is 4.08. The SMILES string of the molecule is Cc1ccc(-n2cnc(C(=O)N(C)C3CCN(C)CC3)n2)cc1. The highest BCUT2D eigenvalue weighted by molar-refractivity contribution is 5.90. The van der Waals surface area contributed by atoms with Gasteiger partial charge in [0.2, 0.25) is 5.82 Å². The molecule has 1 fully saturated rings. The molecule has 0 bridgehead atoms. The lowest BCUT2D eigenvalue weighted by molar-refractivity contribution is 0.0647. The summed E-state index contributed by atoms with van der Waals surface area (Å²) in [5.74, 6) is 0.150. The number of nitrogens with zero attached hydrogens (tertiary/aromatic N) is 5. The van der Waals surface area contributed by atoms with Gasteiger partial charge >= 0.3 is 0 Å². The highest BCUT2D eigenvalue weighted by Gasteiger charge is 2.26. The van der Waals surface area contributed by atoms with Crippen molar-refractivity contribution < 1.29 is 4.79 Å². The van der Waals surface area contributed by atoms with E-state index in [2.05, 4.69) is 22.0 Å². The van der Waals surface area contributed by atoms with Crippen LogP contribution in [0.15, 0.2) is 30.6 Å². The number of piperidine rings is 1. The number of hydrogen-bond acceptors (Lipinski definition) is 4. The van der Waals surface area contributed by atoms with Crippen LogP contribution in [0.2, 0.25) is 0 Å². The standard InChI is InChI=1S/C17H23N5O/c1-13-4-6-15(7-5-13)22-12-18-16(19-22)17(23)21(3)14-8-10-20(2)11-9-14/h4-7,12,14H,8-11H2,1-3H3. The fourth-order valence-corrected chi connectivity index (χ4v) is 2.89. The Morgan fingerprint density at radius 1 is 1.22 bits per heavy atom. The third-order valence-corrected chi connectivity index (χ3v) is 4.54. The fourth-order valence-electron chi connectivity index (χ4n) is 2.89. The molecule has 1 aliphatic heterocycles. The van der Waals surface area contributed by atoms with Gasteiger partial charge in [-0.05, 0) is 52.0 Å². The minimum absolute atomic E-state index is 0.106. The molecule has 0 spiro atoms. The number of carbonyl (C=O) groups is 1. The average molecular weight is 313 g/mol. The molecule has 122 valence electrons. The summed E-state index contributed by atoms with van der Waals surface area (Å²) < 4.78 is 1.65. The van der Waals surface area contributed by atoms with Crippen LogP contribution in [0.1, 0.15) is 29.0 Å². The Kier molecular flexibility index (Phi) is 4.43. The zero-order valence-electron chi connectivity index (χ0n) is 13.9. The van der Waals surface area contributed by atoms with Crippen LogP contribution in [0.3, 0.4) is 0 Å². The van der Waals surface area contributed by atoms with Crippen molar-refractivity contribution in [2.45, 2.75) is 25.8 Å². The lowest BCUT2D eigenvalue weighted by atomic mass is 10.0. The van der Waals surface area contributed by atoms with Crippen LogP contribution in [-0.2, 0) is 0 Å². The quantitative estimate of drug-likeness (QED) is 0.866. The average Bonchev–Trinajstić information content (AvgIpc) is 3.05. The van der Waals surface area contributed by atoms with Gasteiger partial charge in [0.25, 0.3) is 5.91 Å². The molecule has 1 amide bonds. The van der Waals surface area contributed by atoms with Gasteiger partial charge in [-0.25, -0.2) is 9.67 Å². The van der Waals surface area contributed by atoms with Gasteiger partial charge in [-0.2, -0.15) is 0 Å². The molecular weight excluding hydrogens is 290 g/mol. The van der Waals surface area contributed by atoms with Gasteiger partial charge in [0.15, 0.2) is 0 Å². The third-order valence-electron chi connectivity index (χ3n) is 4.54. The predicted octanol–water partition coefficient (Wildman–Crippen LogP) is 1.74. The van der Waals surface area contributed by atoms with Crippen molar-refractivity contribution in [1.29, 1.82) is 0 Å². The summed E-state index contributed by atoms with van der Waals surface area (Å²) >= 11 is 0. The van der Waals surface area contributed by atoms with Gasteiger partial charge in [0.1, 0.15) is 6.33 Å². The molecular formula is C17H23N5O.